The molecule has 1 amide bonds. The Balaban J connectivity index is 2.02. The van der Waals surface area contributed by atoms with E-state index in [0.29, 0.717) is 16.9 Å². The molecule has 0 aromatic heterocycles. The van der Waals surface area contributed by atoms with Crippen LogP contribution in [0.1, 0.15) is 15.9 Å². The summed E-state index contributed by atoms with van der Waals surface area (Å²) in [4.78, 5) is 24.0. The number of amides is 1. The largest absolute Gasteiger partial charge is 0.277 e. The number of rotatable bonds is 2. The molecule has 1 aliphatic rings. The van der Waals surface area contributed by atoms with Crippen molar-refractivity contribution in [2.45, 2.75) is 0 Å². The van der Waals surface area contributed by atoms with Gasteiger partial charge in [-0.1, -0.05) is 24.8 Å². The number of nitro benzene ring substituents is 1. The molecule has 0 radical (unpaired) electrons. The van der Waals surface area contributed by atoms with Crippen LogP contribution in [0.25, 0.3) is 5.70 Å². The van der Waals surface area contributed by atoms with Crippen molar-refractivity contribution in [2.75, 3.05) is 4.90 Å². The molecule has 1 heterocycles. The molecule has 0 spiro atoms. The van der Waals surface area contributed by atoms with Crippen molar-refractivity contribution in [1.82, 2.24) is 0 Å². The number of hydrogen-bond acceptors (Lipinski definition) is 3. The lowest BCUT2D eigenvalue weighted by Gasteiger charge is -2.17. The smallest absolute Gasteiger partial charge is 0.269 e. The summed E-state index contributed by atoms with van der Waals surface area (Å²) in [5.41, 5.74) is 2.52. The zero-order valence-electron chi connectivity index (χ0n) is 10.4. The Labute approximate surface area is 114 Å². The highest BCUT2D eigenvalue weighted by molar-refractivity contribution is 6.21. The summed E-state index contributed by atoms with van der Waals surface area (Å²) in [5, 5.41) is 10.6. The zero-order chi connectivity index (χ0) is 14.3. The Bertz CT molecular complexity index is 700. The topological polar surface area (TPSA) is 63.5 Å². The van der Waals surface area contributed by atoms with Gasteiger partial charge in [0.1, 0.15) is 0 Å². The monoisotopic (exact) mass is 266 g/mol. The quantitative estimate of drug-likeness (QED) is 0.619. The number of fused-ring (bicyclic) bond motifs is 1. The van der Waals surface area contributed by atoms with Crippen LogP contribution < -0.4 is 4.90 Å². The summed E-state index contributed by atoms with van der Waals surface area (Å²) in [6.07, 6.45) is 0. The number of carbonyl (C=O) groups excluding carboxylic acids is 1. The Morgan fingerprint density at radius 3 is 2.15 bits per heavy atom. The number of benzene rings is 2. The van der Waals surface area contributed by atoms with E-state index in [2.05, 4.69) is 6.58 Å². The van der Waals surface area contributed by atoms with E-state index in [4.69, 9.17) is 0 Å². The van der Waals surface area contributed by atoms with Gasteiger partial charge in [0.05, 0.1) is 10.6 Å². The first-order valence-corrected chi connectivity index (χ1v) is 5.97. The second kappa shape index (κ2) is 4.31. The van der Waals surface area contributed by atoms with E-state index in [1.165, 1.54) is 17.0 Å². The fraction of sp³-hybridized carbons (Fsp3) is 0. The van der Waals surface area contributed by atoms with Crippen molar-refractivity contribution >= 4 is 23.0 Å². The predicted molar refractivity (Wildman–Crippen MR) is 75.4 cm³/mol. The van der Waals surface area contributed by atoms with E-state index in [1.54, 1.807) is 24.3 Å². The lowest BCUT2D eigenvalue weighted by molar-refractivity contribution is -0.384. The highest BCUT2D eigenvalue weighted by Gasteiger charge is 2.31. The van der Waals surface area contributed by atoms with Crippen LogP contribution in [0.3, 0.4) is 0 Å². The predicted octanol–water partition coefficient (Wildman–Crippen LogP) is 3.23. The first kappa shape index (κ1) is 12.1. The molecule has 20 heavy (non-hydrogen) atoms. The molecule has 0 saturated heterocycles. The Morgan fingerprint density at radius 1 is 1.00 bits per heavy atom. The molecule has 0 saturated carbocycles. The van der Waals surface area contributed by atoms with E-state index in [9.17, 15) is 14.9 Å². The van der Waals surface area contributed by atoms with Gasteiger partial charge in [0.15, 0.2) is 0 Å². The molecule has 0 atom stereocenters. The van der Waals surface area contributed by atoms with Crippen molar-refractivity contribution in [2.24, 2.45) is 0 Å². The minimum Gasteiger partial charge on any atom is -0.277 e. The number of hydrogen-bond donors (Lipinski definition) is 0. The number of nitro groups is 1. The van der Waals surface area contributed by atoms with Crippen molar-refractivity contribution in [3.8, 4) is 0 Å². The number of anilines is 1. The number of carbonyl (C=O) groups is 1. The first-order chi connectivity index (χ1) is 9.59. The van der Waals surface area contributed by atoms with Gasteiger partial charge in [-0.3, -0.25) is 19.8 Å². The molecular formula is C15H10N2O3. The minimum absolute atomic E-state index is 0.0106. The SMILES string of the molecule is C=C1c2ccccc2C(=O)N1c1ccc([N+](=O)[O-])cc1. The van der Waals surface area contributed by atoms with Crippen LogP contribution in [-0.2, 0) is 0 Å². The minimum atomic E-state index is -0.473. The van der Waals surface area contributed by atoms with Gasteiger partial charge in [0.25, 0.3) is 11.6 Å². The molecular weight excluding hydrogens is 256 g/mol. The van der Waals surface area contributed by atoms with Crippen LogP contribution in [0.2, 0.25) is 0 Å². The normalized spacial score (nSPS) is 13.5. The molecule has 2 aromatic rings. The molecule has 1 aliphatic heterocycles. The number of non-ortho nitro benzene ring substituents is 1. The third-order valence-electron chi connectivity index (χ3n) is 3.26. The van der Waals surface area contributed by atoms with Gasteiger partial charge >= 0.3 is 0 Å². The highest BCUT2D eigenvalue weighted by Crippen LogP contribution is 2.35. The Hall–Kier alpha value is -2.95. The molecule has 3 rings (SSSR count). The fourth-order valence-electron chi connectivity index (χ4n) is 2.28. The van der Waals surface area contributed by atoms with Gasteiger partial charge in [0, 0.05) is 28.9 Å². The van der Waals surface area contributed by atoms with E-state index in [1.807, 2.05) is 12.1 Å². The standard InChI is InChI=1S/C15H10N2O3/c1-10-13-4-2-3-5-14(13)15(18)16(10)11-6-8-12(9-7-11)17(19)20/h2-9H,1H2. The maximum atomic E-state index is 12.4. The third kappa shape index (κ3) is 1.68. The summed E-state index contributed by atoms with van der Waals surface area (Å²) in [5.74, 6) is -0.167. The van der Waals surface area contributed by atoms with E-state index >= 15 is 0 Å². The average molecular weight is 266 g/mol. The molecule has 98 valence electrons. The van der Waals surface area contributed by atoms with Crippen LogP contribution in [-0.4, -0.2) is 10.8 Å². The summed E-state index contributed by atoms with van der Waals surface area (Å²) in [7, 11) is 0. The zero-order valence-corrected chi connectivity index (χ0v) is 10.4. The Morgan fingerprint density at radius 2 is 1.60 bits per heavy atom. The number of nitrogens with zero attached hydrogens (tertiary/aromatic N) is 2. The van der Waals surface area contributed by atoms with Gasteiger partial charge in [-0.2, -0.15) is 0 Å². The lowest BCUT2D eigenvalue weighted by atomic mass is 10.1. The van der Waals surface area contributed by atoms with Crippen molar-refractivity contribution in [1.29, 1.82) is 0 Å². The van der Waals surface area contributed by atoms with E-state index < -0.39 is 4.92 Å². The fourth-order valence-corrected chi connectivity index (χ4v) is 2.28. The van der Waals surface area contributed by atoms with E-state index in [-0.39, 0.29) is 11.6 Å². The van der Waals surface area contributed by atoms with Crippen LogP contribution in [0.15, 0.2) is 55.1 Å². The molecule has 2 aromatic carbocycles. The first-order valence-electron chi connectivity index (χ1n) is 5.97. The van der Waals surface area contributed by atoms with Crippen molar-refractivity contribution in [3.63, 3.8) is 0 Å². The highest BCUT2D eigenvalue weighted by atomic mass is 16.6. The van der Waals surface area contributed by atoms with Gasteiger partial charge in [-0.25, -0.2) is 0 Å². The summed E-state index contributed by atoms with van der Waals surface area (Å²) < 4.78 is 0. The van der Waals surface area contributed by atoms with Gasteiger partial charge in [0.2, 0.25) is 0 Å². The molecule has 5 nitrogen and oxygen atoms in total. The van der Waals surface area contributed by atoms with Gasteiger partial charge < -0.3 is 0 Å². The molecule has 0 bridgehead atoms. The molecule has 0 N–H and O–H groups in total. The molecule has 0 fully saturated rings. The molecule has 5 heteroatoms. The lowest BCUT2D eigenvalue weighted by Crippen LogP contribution is -2.21. The van der Waals surface area contributed by atoms with E-state index in [0.717, 1.165) is 5.56 Å². The van der Waals surface area contributed by atoms with Crippen LogP contribution >= 0.6 is 0 Å². The molecule has 0 aliphatic carbocycles. The summed E-state index contributed by atoms with van der Waals surface area (Å²) in [6, 6.07) is 13.1. The van der Waals surface area contributed by atoms with Crippen molar-refractivity contribution in [3.05, 3.63) is 76.4 Å². The summed E-state index contributed by atoms with van der Waals surface area (Å²) >= 11 is 0. The van der Waals surface area contributed by atoms with Gasteiger partial charge in [-0.15, -0.1) is 0 Å². The van der Waals surface area contributed by atoms with Crippen LogP contribution in [0.5, 0.6) is 0 Å². The summed E-state index contributed by atoms with van der Waals surface area (Å²) in [6.45, 7) is 3.93. The maximum Gasteiger partial charge on any atom is 0.269 e. The van der Waals surface area contributed by atoms with Crippen LogP contribution in [0, 0.1) is 10.1 Å². The van der Waals surface area contributed by atoms with Crippen molar-refractivity contribution < 1.29 is 9.72 Å². The second-order valence-electron chi connectivity index (χ2n) is 4.41. The van der Waals surface area contributed by atoms with Gasteiger partial charge in [-0.05, 0) is 18.2 Å². The average Bonchev–Trinajstić information content (AvgIpc) is 2.72. The maximum absolute atomic E-state index is 12.4. The second-order valence-corrected chi connectivity index (χ2v) is 4.41. The third-order valence-corrected chi connectivity index (χ3v) is 3.26. The Kier molecular flexibility index (Phi) is 2.61. The molecule has 0 unspecified atom stereocenters. The van der Waals surface area contributed by atoms with Crippen LogP contribution in [0.4, 0.5) is 11.4 Å².